The smallest absolute Gasteiger partial charge is 0.251 e. The van der Waals surface area contributed by atoms with E-state index in [0.717, 1.165) is 16.1 Å². The molecule has 5 nitrogen and oxygen atoms in total. The van der Waals surface area contributed by atoms with E-state index >= 15 is 0 Å². The summed E-state index contributed by atoms with van der Waals surface area (Å²) in [6, 6.07) is 11.4. The molecule has 0 N–H and O–H groups in total. The Balaban J connectivity index is 2.02. The number of carbonyl (C=O) groups excluding carboxylic acids is 2. The predicted molar refractivity (Wildman–Crippen MR) is 93.6 cm³/mol. The molecule has 126 valence electrons. The SMILES string of the molecule is CON(C)C(=O)[C@H]1CC(=O)N(c2ccc(C)cc2)[C@@H]1c1cccs1. The van der Waals surface area contributed by atoms with Gasteiger partial charge in [-0.3, -0.25) is 14.4 Å². The molecule has 0 aliphatic carbocycles. The normalized spacial score (nSPS) is 20.5. The number of thiophene rings is 1. The Hall–Kier alpha value is -2.18. The van der Waals surface area contributed by atoms with E-state index in [0.29, 0.717) is 0 Å². The fraction of sp³-hybridized carbons (Fsp3) is 0.333. The lowest BCUT2D eigenvalue weighted by Gasteiger charge is -2.28. The summed E-state index contributed by atoms with van der Waals surface area (Å²) in [5.41, 5.74) is 1.95. The molecule has 0 bridgehead atoms. The van der Waals surface area contributed by atoms with Crippen molar-refractivity contribution in [3.63, 3.8) is 0 Å². The van der Waals surface area contributed by atoms with Crippen LogP contribution in [0.15, 0.2) is 41.8 Å². The van der Waals surface area contributed by atoms with Crippen LogP contribution in [-0.4, -0.2) is 31.0 Å². The maximum Gasteiger partial charge on any atom is 0.251 e. The number of hydroxylamine groups is 2. The molecule has 2 heterocycles. The standard InChI is InChI=1S/C18H20N2O3S/c1-12-6-8-13(9-7-12)20-16(21)11-14(18(22)19(2)23-3)17(20)15-5-4-10-24-15/h4-10,14,17H,11H2,1-3H3/t14-,17-/m0/s1. The first-order valence-electron chi connectivity index (χ1n) is 7.76. The predicted octanol–water partition coefficient (Wildman–Crippen LogP) is 3.17. The Labute approximate surface area is 145 Å². The van der Waals surface area contributed by atoms with Crippen LogP contribution in [0.3, 0.4) is 0 Å². The van der Waals surface area contributed by atoms with Crippen molar-refractivity contribution < 1.29 is 14.4 Å². The summed E-state index contributed by atoms with van der Waals surface area (Å²) in [5, 5.41) is 3.17. The van der Waals surface area contributed by atoms with Crippen LogP contribution < -0.4 is 4.90 Å². The highest BCUT2D eigenvalue weighted by Crippen LogP contribution is 2.43. The first-order chi connectivity index (χ1) is 11.5. The van der Waals surface area contributed by atoms with Gasteiger partial charge in [-0.15, -0.1) is 11.3 Å². The monoisotopic (exact) mass is 344 g/mol. The van der Waals surface area contributed by atoms with Gasteiger partial charge in [-0.1, -0.05) is 23.8 Å². The number of anilines is 1. The maximum atomic E-state index is 12.7. The summed E-state index contributed by atoms with van der Waals surface area (Å²) in [4.78, 5) is 33.2. The van der Waals surface area contributed by atoms with Crippen LogP contribution in [0.2, 0.25) is 0 Å². The average Bonchev–Trinajstić information content (AvgIpc) is 3.21. The molecule has 1 aromatic carbocycles. The highest BCUT2D eigenvalue weighted by Gasteiger charge is 2.46. The van der Waals surface area contributed by atoms with Gasteiger partial charge in [-0.05, 0) is 30.5 Å². The van der Waals surface area contributed by atoms with E-state index in [-0.39, 0.29) is 24.3 Å². The molecule has 0 saturated carbocycles. The molecule has 1 aliphatic heterocycles. The lowest BCUT2D eigenvalue weighted by molar-refractivity contribution is -0.173. The fourth-order valence-electron chi connectivity index (χ4n) is 3.07. The molecular weight excluding hydrogens is 324 g/mol. The largest absolute Gasteiger partial charge is 0.303 e. The number of hydrogen-bond donors (Lipinski definition) is 0. The minimum atomic E-state index is -0.456. The second-order valence-corrected chi connectivity index (χ2v) is 6.87. The summed E-state index contributed by atoms with van der Waals surface area (Å²) in [6.45, 7) is 2.01. The first kappa shape index (κ1) is 16.7. The van der Waals surface area contributed by atoms with Crippen LogP contribution in [0, 0.1) is 12.8 Å². The van der Waals surface area contributed by atoms with E-state index in [1.807, 2.05) is 48.7 Å². The third kappa shape index (κ3) is 2.95. The van der Waals surface area contributed by atoms with E-state index in [1.165, 1.54) is 12.2 Å². The van der Waals surface area contributed by atoms with Crippen LogP contribution in [0.4, 0.5) is 5.69 Å². The molecular formula is C18H20N2O3S. The molecule has 24 heavy (non-hydrogen) atoms. The van der Waals surface area contributed by atoms with Gasteiger partial charge < -0.3 is 4.90 Å². The van der Waals surface area contributed by atoms with Gasteiger partial charge in [-0.25, -0.2) is 5.06 Å². The third-order valence-electron chi connectivity index (χ3n) is 4.37. The number of carbonyl (C=O) groups is 2. The lowest BCUT2D eigenvalue weighted by atomic mass is 9.97. The average molecular weight is 344 g/mol. The number of aryl methyl sites for hydroxylation is 1. The van der Waals surface area contributed by atoms with Crippen molar-refractivity contribution in [3.05, 3.63) is 52.2 Å². The molecule has 6 heteroatoms. The molecule has 2 aromatic rings. The molecule has 2 atom stereocenters. The minimum absolute atomic E-state index is 0.0416. The molecule has 2 amide bonds. The van der Waals surface area contributed by atoms with E-state index in [4.69, 9.17) is 4.84 Å². The summed E-state index contributed by atoms with van der Waals surface area (Å²) >= 11 is 1.56. The summed E-state index contributed by atoms with van der Waals surface area (Å²) < 4.78 is 0. The minimum Gasteiger partial charge on any atom is -0.303 e. The van der Waals surface area contributed by atoms with Crippen molar-refractivity contribution in [1.29, 1.82) is 0 Å². The van der Waals surface area contributed by atoms with Gasteiger partial charge in [-0.2, -0.15) is 0 Å². The topological polar surface area (TPSA) is 49.9 Å². The molecule has 1 aliphatic rings. The van der Waals surface area contributed by atoms with Crippen LogP contribution in [0.1, 0.15) is 22.9 Å². The van der Waals surface area contributed by atoms with E-state index in [1.54, 1.807) is 23.3 Å². The van der Waals surface area contributed by atoms with Gasteiger partial charge in [0, 0.05) is 24.0 Å². The van der Waals surface area contributed by atoms with Gasteiger partial charge in [0.05, 0.1) is 19.1 Å². The first-order valence-corrected chi connectivity index (χ1v) is 8.64. The third-order valence-corrected chi connectivity index (χ3v) is 5.31. The van der Waals surface area contributed by atoms with Crippen molar-refractivity contribution in [2.24, 2.45) is 5.92 Å². The highest BCUT2D eigenvalue weighted by molar-refractivity contribution is 7.10. The van der Waals surface area contributed by atoms with Crippen molar-refractivity contribution in [2.75, 3.05) is 19.1 Å². The number of amides is 2. The van der Waals surface area contributed by atoms with E-state index in [2.05, 4.69) is 0 Å². The Morgan fingerprint density at radius 3 is 2.58 bits per heavy atom. The molecule has 0 spiro atoms. The maximum absolute atomic E-state index is 12.7. The Kier molecular flexibility index (Phi) is 4.69. The molecule has 3 rings (SSSR count). The quantitative estimate of drug-likeness (QED) is 0.801. The summed E-state index contributed by atoms with van der Waals surface area (Å²) in [7, 11) is 3.03. The second-order valence-electron chi connectivity index (χ2n) is 5.89. The number of benzene rings is 1. The molecule has 1 fully saturated rings. The Morgan fingerprint density at radius 1 is 1.29 bits per heavy atom. The summed E-state index contributed by atoms with van der Waals surface area (Å²) in [5.74, 6) is -0.679. The van der Waals surface area contributed by atoms with Crippen LogP contribution >= 0.6 is 11.3 Å². The molecule has 0 unspecified atom stereocenters. The lowest BCUT2D eigenvalue weighted by Crippen LogP contribution is -2.36. The van der Waals surface area contributed by atoms with Gasteiger partial charge in [0.15, 0.2) is 0 Å². The Morgan fingerprint density at radius 2 is 2.00 bits per heavy atom. The molecule has 1 aromatic heterocycles. The van der Waals surface area contributed by atoms with Crippen LogP contribution in [-0.2, 0) is 14.4 Å². The van der Waals surface area contributed by atoms with Gasteiger partial charge in [0.2, 0.25) is 5.91 Å². The molecule has 1 saturated heterocycles. The highest BCUT2D eigenvalue weighted by atomic mass is 32.1. The van der Waals surface area contributed by atoms with Crippen molar-refractivity contribution in [3.8, 4) is 0 Å². The zero-order valence-electron chi connectivity index (χ0n) is 13.9. The second kappa shape index (κ2) is 6.75. The van der Waals surface area contributed by atoms with Crippen molar-refractivity contribution in [1.82, 2.24) is 5.06 Å². The zero-order chi connectivity index (χ0) is 17.3. The fourth-order valence-corrected chi connectivity index (χ4v) is 3.95. The van der Waals surface area contributed by atoms with E-state index in [9.17, 15) is 9.59 Å². The number of hydrogen-bond acceptors (Lipinski definition) is 4. The number of nitrogens with zero attached hydrogens (tertiary/aromatic N) is 2. The van der Waals surface area contributed by atoms with Crippen molar-refractivity contribution >= 4 is 28.8 Å². The van der Waals surface area contributed by atoms with E-state index < -0.39 is 5.92 Å². The van der Waals surface area contributed by atoms with Gasteiger partial charge in [0.1, 0.15) is 0 Å². The van der Waals surface area contributed by atoms with Gasteiger partial charge in [0.25, 0.3) is 5.91 Å². The van der Waals surface area contributed by atoms with Crippen molar-refractivity contribution in [2.45, 2.75) is 19.4 Å². The Bertz CT molecular complexity index is 727. The van der Waals surface area contributed by atoms with Gasteiger partial charge >= 0.3 is 0 Å². The van der Waals surface area contributed by atoms with Crippen LogP contribution in [0.5, 0.6) is 0 Å². The molecule has 0 radical (unpaired) electrons. The van der Waals surface area contributed by atoms with Crippen LogP contribution in [0.25, 0.3) is 0 Å². The zero-order valence-corrected chi connectivity index (χ0v) is 14.7. The summed E-state index contributed by atoms with van der Waals surface area (Å²) in [6.07, 6.45) is 0.184. The number of rotatable bonds is 4.